The lowest BCUT2D eigenvalue weighted by Gasteiger charge is -2.11. The number of rotatable bonds is 3. The van der Waals surface area contributed by atoms with Gasteiger partial charge < -0.3 is 9.47 Å². The van der Waals surface area contributed by atoms with Crippen molar-refractivity contribution in [2.24, 2.45) is 0 Å². The van der Waals surface area contributed by atoms with Crippen LogP contribution in [0.5, 0.6) is 11.5 Å². The van der Waals surface area contributed by atoms with Crippen molar-refractivity contribution < 1.29 is 9.47 Å². The van der Waals surface area contributed by atoms with E-state index in [0.29, 0.717) is 0 Å². The predicted octanol–water partition coefficient (Wildman–Crippen LogP) is 4.54. The van der Waals surface area contributed by atoms with Crippen LogP contribution in [0.15, 0.2) is 42.5 Å². The molecular weight excluding hydrogens is 274 g/mol. The molecule has 0 saturated heterocycles. The maximum atomic E-state index is 5.33. The Morgan fingerprint density at radius 2 is 1.50 bits per heavy atom. The fourth-order valence-corrected chi connectivity index (χ4v) is 2.70. The predicted molar refractivity (Wildman–Crippen MR) is 89.8 cm³/mol. The zero-order valence-corrected chi connectivity index (χ0v) is 13.3. The van der Waals surface area contributed by atoms with E-state index < -0.39 is 0 Å². The van der Waals surface area contributed by atoms with Crippen LogP contribution in [0.2, 0.25) is 0 Å². The highest BCUT2D eigenvalue weighted by Gasteiger charge is 2.09. The van der Waals surface area contributed by atoms with Gasteiger partial charge in [-0.05, 0) is 49.2 Å². The minimum Gasteiger partial charge on any atom is -0.497 e. The average Bonchev–Trinajstić information content (AvgIpc) is 2.54. The molecule has 0 atom stereocenters. The van der Waals surface area contributed by atoms with Crippen molar-refractivity contribution in [2.45, 2.75) is 13.8 Å². The minimum atomic E-state index is 0.842. The van der Waals surface area contributed by atoms with Crippen molar-refractivity contribution in [3.63, 3.8) is 0 Å². The van der Waals surface area contributed by atoms with E-state index in [1.54, 1.807) is 14.2 Å². The molecule has 3 rings (SSSR count). The first-order valence-electron chi connectivity index (χ1n) is 7.23. The summed E-state index contributed by atoms with van der Waals surface area (Å²) in [6, 6.07) is 14.3. The van der Waals surface area contributed by atoms with E-state index >= 15 is 0 Å². The molecule has 112 valence electrons. The van der Waals surface area contributed by atoms with Crippen LogP contribution in [0.1, 0.15) is 11.3 Å². The Hall–Kier alpha value is -2.55. The van der Waals surface area contributed by atoms with Crippen LogP contribution < -0.4 is 9.47 Å². The van der Waals surface area contributed by atoms with E-state index in [9.17, 15) is 0 Å². The maximum Gasteiger partial charge on any atom is 0.121 e. The van der Waals surface area contributed by atoms with Gasteiger partial charge in [-0.25, -0.2) is 0 Å². The molecule has 0 aliphatic carbocycles. The lowest BCUT2D eigenvalue weighted by atomic mass is 10.00. The first kappa shape index (κ1) is 14.4. The van der Waals surface area contributed by atoms with Gasteiger partial charge in [0.05, 0.1) is 19.7 Å². The zero-order valence-electron chi connectivity index (χ0n) is 13.3. The normalized spacial score (nSPS) is 10.7. The molecule has 0 N–H and O–H groups in total. The molecule has 0 radical (unpaired) electrons. The van der Waals surface area contributed by atoms with Crippen LogP contribution in [0.25, 0.3) is 22.0 Å². The van der Waals surface area contributed by atoms with Crippen molar-refractivity contribution in [1.29, 1.82) is 0 Å². The number of aryl methyl sites for hydroxylation is 2. The highest BCUT2D eigenvalue weighted by Crippen LogP contribution is 2.31. The SMILES string of the molecule is COc1ccc(-c2cc3c(C)cc(OC)cc3nc2C)cc1. The van der Waals surface area contributed by atoms with Crippen LogP contribution in [0, 0.1) is 13.8 Å². The number of benzene rings is 2. The van der Waals surface area contributed by atoms with Crippen molar-refractivity contribution in [3.8, 4) is 22.6 Å². The summed E-state index contributed by atoms with van der Waals surface area (Å²) >= 11 is 0. The Balaban J connectivity index is 2.17. The van der Waals surface area contributed by atoms with Crippen LogP contribution in [0.4, 0.5) is 0 Å². The summed E-state index contributed by atoms with van der Waals surface area (Å²) < 4.78 is 10.6. The highest BCUT2D eigenvalue weighted by atomic mass is 16.5. The summed E-state index contributed by atoms with van der Waals surface area (Å²) in [7, 11) is 3.35. The Morgan fingerprint density at radius 3 is 2.14 bits per heavy atom. The molecule has 3 aromatic rings. The Bertz CT molecular complexity index is 823. The van der Waals surface area contributed by atoms with E-state index in [-0.39, 0.29) is 0 Å². The number of methoxy groups -OCH3 is 2. The van der Waals surface area contributed by atoms with Crippen molar-refractivity contribution in [2.75, 3.05) is 14.2 Å². The van der Waals surface area contributed by atoms with Gasteiger partial charge in [0.25, 0.3) is 0 Å². The van der Waals surface area contributed by atoms with Crippen LogP contribution in [-0.4, -0.2) is 19.2 Å². The molecule has 0 bridgehead atoms. The molecule has 0 aliphatic heterocycles. The number of nitrogens with zero attached hydrogens (tertiary/aromatic N) is 1. The fourth-order valence-electron chi connectivity index (χ4n) is 2.70. The third kappa shape index (κ3) is 2.50. The van der Waals surface area contributed by atoms with Crippen LogP contribution in [0.3, 0.4) is 0 Å². The highest BCUT2D eigenvalue weighted by molar-refractivity contribution is 5.88. The number of hydrogen-bond acceptors (Lipinski definition) is 3. The summed E-state index contributed by atoms with van der Waals surface area (Å²) in [5.74, 6) is 1.70. The van der Waals surface area contributed by atoms with Crippen molar-refractivity contribution >= 4 is 10.9 Å². The molecule has 1 heterocycles. The van der Waals surface area contributed by atoms with Gasteiger partial charge in [0.1, 0.15) is 11.5 Å². The maximum absolute atomic E-state index is 5.33. The summed E-state index contributed by atoms with van der Waals surface area (Å²) in [5.41, 5.74) is 5.42. The smallest absolute Gasteiger partial charge is 0.121 e. The second-order valence-corrected chi connectivity index (χ2v) is 5.36. The van der Waals surface area contributed by atoms with E-state index in [2.05, 4.69) is 25.1 Å². The van der Waals surface area contributed by atoms with Gasteiger partial charge in [0, 0.05) is 22.7 Å². The second-order valence-electron chi connectivity index (χ2n) is 5.36. The quantitative estimate of drug-likeness (QED) is 0.710. The Kier molecular flexibility index (Phi) is 3.72. The monoisotopic (exact) mass is 293 g/mol. The standard InChI is InChI=1S/C19H19NO2/c1-12-9-16(22-4)10-19-17(12)11-18(13(2)20-19)14-5-7-15(21-3)8-6-14/h5-11H,1-4H3. The van der Waals surface area contributed by atoms with E-state index in [4.69, 9.17) is 14.5 Å². The molecule has 0 spiro atoms. The fraction of sp³-hybridized carbons (Fsp3) is 0.211. The molecule has 0 fully saturated rings. The van der Waals surface area contributed by atoms with Crippen molar-refractivity contribution in [1.82, 2.24) is 4.98 Å². The topological polar surface area (TPSA) is 31.4 Å². The Labute approximate surface area is 130 Å². The molecule has 0 aliphatic rings. The number of pyridine rings is 1. The van der Waals surface area contributed by atoms with Crippen molar-refractivity contribution in [3.05, 3.63) is 53.7 Å². The molecular formula is C19H19NO2. The molecule has 0 amide bonds. The van der Waals surface area contributed by atoms with Gasteiger partial charge >= 0.3 is 0 Å². The average molecular weight is 293 g/mol. The zero-order chi connectivity index (χ0) is 15.7. The molecule has 22 heavy (non-hydrogen) atoms. The summed E-state index contributed by atoms with van der Waals surface area (Å²) in [6.45, 7) is 4.12. The lowest BCUT2D eigenvalue weighted by Crippen LogP contribution is -1.93. The Morgan fingerprint density at radius 1 is 0.818 bits per heavy atom. The minimum absolute atomic E-state index is 0.842. The van der Waals surface area contributed by atoms with Crippen LogP contribution >= 0.6 is 0 Å². The van der Waals surface area contributed by atoms with E-state index in [1.165, 1.54) is 0 Å². The molecule has 0 saturated carbocycles. The first-order chi connectivity index (χ1) is 10.6. The van der Waals surface area contributed by atoms with E-state index in [0.717, 1.165) is 44.8 Å². The summed E-state index contributed by atoms with van der Waals surface area (Å²) in [6.07, 6.45) is 0. The summed E-state index contributed by atoms with van der Waals surface area (Å²) in [4.78, 5) is 4.75. The molecule has 2 aromatic carbocycles. The van der Waals surface area contributed by atoms with Gasteiger partial charge in [0.2, 0.25) is 0 Å². The number of aromatic nitrogens is 1. The molecule has 3 heteroatoms. The first-order valence-corrected chi connectivity index (χ1v) is 7.23. The summed E-state index contributed by atoms with van der Waals surface area (Å²) in [5, 5.41) is 1.15. The van der Waals surface area contributed by atoms with Gasteiger partial charge in [-0.15, -0.1) is 0 Å². The van der Waals surface area contributed by atoms with E-state index in [1.807, 2.05) is 31.2 Å². The lowest BCUT2D eigenvalue weighted by molar-refractivity contribution is 0.415. The second kappa shape index (κ2) is 5.68. The largest absolute Gasteiger partial charge is 0.497 e. The number of fused-ring (bicyclic) bond motifs is 1. The van der Waals surface area contributed by atoms with Gasteiger partial charge in [-0.2, -0.15) is 0 Å². The number of ether oxygens (including phenoxy) is 2. The molecule has 1 aromatic heterocycles. The molecule has 0 unspecified atom stereocenters. The van der Waals surface area contributed by atoms with Gasteiger partial charge in [-0.3, -0.25) is 4.98 Å². The third-order valence-electron chi connectivity index (χ3n) is 3.94. The van der Waals surface area contributed by atoms with Crippen LogP contribution in [-0.2, 0) is 0 Å². The van der Waals surface area contributed by atoms with Gasteiger partial charge in [-0.1, -0.05) is 12.1 Å². The molecule has 3 nitrogen and oxygen atoms in total. The third-order valence-corrected chi connectivity index (χ3v) is 3.94. The van der Waals surface area contributed by atoms with Gasteiger partial charge in [0.15, 0.2) is 0 Å². The number of hydrogen-bond donors (Lipinski definition) is 0.